The van der Waals surface area contributed by atoms with E-state index in [4.69, 9.17) is 11.6 Å². The lowest BCUT2D eigenvalue weighted by atomic mass is 9.97. The molecule has 1 aliphatic rings. The van der Waals surface area contributed by atoms with Crippen molar-refractivity contribution in [3.63, 3.8) is 0 Å². The van der Waals surface area contributed by atoms with E-state index in [1.165, 1.54) is 23.1 Å². The number of hydrogen-bond acceptors (Lipinski definition) is 4. The third-order valence-corrected chi connectivity index (χ3v) is 5.83. The monoisotopic (exact) mass is 455 g/mol. The summed E-state index contributed by atoms with van der Waals surface area (Å²) in [5, 5.41) is 4.88. The number of halogens is 2. The van der Waals surface area contributed by atoms with Gasteiger partial charge in [-0.2, -0.15) is 0 Å². The van der Waals surface area contributed by atoms with Gasteiger partial charge < -0.3 is 9.80 Å². The Balaban J connectivity index is 1.50. The number of carbonyl (C=O) groups excluding carboxylic acids is 2. The van der Waals surface area contributed by atoms with E-state index in [1.807, 2.05) is 19.9 Å². The van der Waals surface area contributed by atoms with Gasteiger partial charge in [0.05, 0.1) is 11.2 Å². The molecule has 2 amide bonds. The zero-order chi connectivity index (χ0) is 23.0. The molecule has 1 aliphatic heterocycles. The summed E-state index contributed by atoms with van der Waals surface area (Å²) >= 11 is 6.04. The molecule has 0 N–H and O–H groups in total. The van der Waals surface area contributed by atoms with Crippen molar-refractivity contribution in [2.75, 3.05) is 19.6 Å². The van der Waals surface area contributed by atoms with E-state index in [1.54, 1.807) is 41.0 Å². The Morgan fingerprint density at radius 1 is 1.09 bits per heavy atom. The number of piperazine rings is 1. The summed E-state index contributed by atoms with van der Waals surface area (Å²) in [5.41, 5.74) is 0.918. The predicted octanol–water partition coefficient (Wildman–Crippen LogP) is 3.75. The second-order valence-electron chi connectivity index (χ2n) is 8.45. The lowest BCUT2D eigenvalue weighted by molar-refractivity contribution is 0.0160. The molecule has 2 aromatic carbocycles. The molecule has 0 radical (unpaired) electrons. The maximum Gasteiger partial charge on any atom is 0.294 e. The van der Waals surface area contributed by atoms with Crippen LogP contribution in [0.15, 0.2) is 48.8 Å². The first-order valence-electron chi connectivity index (χ1n) is 10.2. The van der Waals surface area contributed by atoms with Crippen molar-refractivity contribution in [3.05, 3.63) is 76.6 Å². The first-order chi connectivity index (χ1) is 15.2. The molecule has 0 saturated carbocycles. The average molecular weight is 456 g/mol. The van der Waals surface area contributed by atoms with Gasteiger partial charge in [-0.15, -0.1) is 5.10 Å². The fourth-order valence-corrected chi connectivity index (χ4v) is 4.07. The molecule has 2 heterocycles. The van der Waals surface area contributed by atoms with E-state index in [-0.39, 0.29) is 23.5 Å². The van der Waals surface area contributed by atoms with Crippen molar-refractivity contribution in [2.24, 2.45) is 0 Å². The van der Waals surface area contributed by atoms with Crippen LogP contribution in [0.1, 0.15) is 40.4 Å². The van der Waals surface area contributed by atoms with Crippen molar-refractivity contribution >= 4 is 23.4 Å². The summed E-state index contributed by atoms with van der Waals surface area (Å²) < 4.78 is 15.1. The van der Waals surface area contributed by atoms with Crippen LogP contribution in [0.25, 0.3) is 5.69 Å². The number of benzene rings is 2. The van der Waals surface area contributed by atoms with Gasteiger partial charge in [0, 0.05) is 30.2 Å². The van der Waals surface area contributed by atoms with Crippen LogP contribution >= 0.6 is 11.6 Å². The van der Waals surface area contributed by atoms with Crippen molar-refractivity contribution in [2.45, 2.75) is 26.3 Å². The summed E-state index contributed by atoms with van der Waals surface area (Å²) in [5.74, 6) is -0.758. The quantitative estimate of drug-likeness (QED) is 0.603. The van der Waals surface area contributed by atoms with Crippen LogP contribution in [0.3, 0.4) is 0 Å². The number of aromatic nitrogens is 3. The van der Waals surface area contributed by atoms with E-state index in [0.29, 0.717) is 41.5 Å². The van der Waals surface area contributed by atoms with Crippen molar-refractivity contribution in [1.29, 1.82) is 0 Å². The van der Waals surface area contributed by atoms with Crippen LogP contribution in [-0.4, -0.2) is 61.6 Å². The molecule has 0 bridgehead atoms. The van der Waals surface area contributed by atoms with Gasteiger partial charge in [0.1, 0.15) is 12.1 Å². The second-order valence-corrected chi connectivity index (χ2v) is 8.89. The highest BCUT2D eigenvalue weighted by Crippen LogP contribution is 2.24. The summed E-state index contributed by atoms with van der Waals surface area (Å²) in [6.07, 6.45) is 1.47. The van der Waals surface area contributed by atoms with Gasteiger partial charge in [0.15, 0.2) is 0 Å². The Morgan fingerprint density at radius 3 is 2.56 bits per heavy atom. The number of nitrogens with zero attached hydrogens (tertiary/aromatic N) is 5. The smallest absolute Gasteiger partial charge is 0.294 e. The first kappa shape index (κ1) is 22.0. The Hall–Kier alpha value is -3.26. The largest absolute Gasteiger partial charge is 0.335 e. The number of aryl methyl sites for hydroxylation is 1. The summed E-state index contributed by atoms with van der Waals surface area (Å²) in [6.45, 7) is 6.45. The van der Waals surface area contributed by atoms with Crippen LogP contribution in [0, 0.1) is 12.7 Å². The van der Waals surface area contributed by atoms with Crippen molar-refractivity contribution in [1.82, 2.24) is 24.6 Å². The minimum atomic E-state index is -0.637. The van der Waals surface area contributed by atoms with Crippen LogP contribution in [0.4, 0.5) is 4.39 Å². The Morgan fingerprint density at radius 2 is 1.88 bits per heavy atom. The van der Waals surface area contributed by atoms with E-state index >= 15 is 0 Å². The molecular weight excluding hydrogens is 433 g/mol. The van der Waals surface area contributed by atoms with Crippen molar-refractivity contribution in [3.8, 4) is 5.69 Å². The molecule has 9 heteroatoms. The minimum absolute atomic E-state index is 0.0759. The molecule has 4 rings (SSSR count). The zero-order valence-electron chi connectivity index (χ0n) is 18.0. The SMILES string of the molecule is Cc1cc(C(=O)N2CCN(C(=O)c3ncn(-c4cccc(Cl)c4)n3)C(C)(C)C2)ccc1F. The van der Waals surface area contributed by atoms with Crippen LogP contribution in [-0.2, 0) is 0 Å². The van der Waals surface area contributed by atoms with Crippen LogP contribution < -0.4 is 0 Å². The number of rotatable bonds is 3. The lowest BCUT2D eigenvalue weighted by Gasteiger charge is -2.46. The van der Waals surface area contributed by atoms with E-state index in [2.05, 4.69) is 10.1 Å². The Bertz CT molecular complexity index is 1190. The van der Waals surface area contributed by atoms with Gasteiger partial charge in [-0.3, -0.25) is 9.59 Å². The molecule has 0 spiro atoms. The highest BCUT2D eigenvalue weighted by molar-refractivity contribution is 6.30. The zero-order valence-corrected chi connectivity index (χ0v) is 18.8. The van der Waals surface area contributed by atoms with Gasteiger partial charge >= 0.3 is 0 Å². The van der Waals surface area contributed by atoms with E-state index in [0.717, 1.165) is 0 Å². The maximum absolute atomic E-state index is 13.6. The molecule has 1 saturated heterocycles. The summed E-state index contributed by atoms with van der Waals surface area (Å²) in [7, 11) is 0. The number of amides is 2. The molecule has 0 atom stereocenters. The first-order valence-corrected chi connectivity index (χ1v) is 10.6. The van der Waals surface area contributed by atoms with E-state index in [9.17, 15) is 14.0 Å². The third-order valence-electron chi connectivity index (χ3n) is 5.60. The van der Waals surface area contributed by atoms with Gasteiger partial charge in [-0.25, -0.2) is 14.1 Å². The van der Waals surface area contributed by atoms with Gasteiger partial charge in [0.25, 0.3) is 11.8 Å². The summed E-state index contributed by atoms with van der Waals surface area (Å²) in [6, 6.07) is 11.4. The molecular formula is C23H23ClFN5O2. The minimum Gasteiger partial charge on any atom is -0.335 e. The maximum atomic E-state index is 13.6. The average Bonchev–Trinajstić information content (AvgIpc) is 3.24. The third kappa shape index (κ3) is 4.23. The Kier molecular flexibility index (Phi) is 5.73. The molecule has 32 heavy (non-hydrogen) atoms. The van der Waals surface area contributed by atoms with Crippen LogP contribution in [0.2, 0.25) is 5.02 Å². The lowest BCUT2D eigenvalue weighted by Crippen LogP contribution is -2.62. The predicted molar refractivity (Wildman–Crippen MR) is 119 cm³/mol. The molecule has 7 nitrogen and oxygen atoms in total. The molecule has 1 aromatic heterocycles. The second kappa shape index (κ2) is 8.35. The highest BCUT2D eigenvalue weighted by Gasteiger charge is 2.40. The van der Waals surface area contributed by atoms with Gasteiger partial charge in [-0.05, 0) is 62.7 Å². The normalized spacial score (nSPS) is 15.7. The standard InChI is InChI=1S/C23H23ClFN5O2/c1-15-11-16(7-8-19(15)25)21(31)28-9-10-29(23(2,3)13-28)22(32)20-26-14-30(27-20)18-6-4-5-17(24)12-18/h4-8,11-12,14H,9-10,13H2,1-3H3. The molecule has 0 unspecified atom stereocenters. The molecule has 1 fully saturated rings. The molecule has 0 aliphatic carbocycles. The van der Waals surface area contributed by atoms with E-state index < -0.39 is 5.54 Å². The highest BCUT2D eigenvalue weighted by atomic mass is 35.5. The number of carbonyl (C=O) groups is 2. The fraction of sp³-hybridized carbons (Fsp3) is 0.304. The molecule has 3 aromatic rings. The molecule has 166 valence electrons. The Labute approximate surface area is 190 Å². The van der Waals surface area contributed by atoms with Gasteiger partial charge in [0.2, 0.25) is 5.82 Å². The van der Waals surface area contributed by atoms with Crippen LogP contribution in [0.5, 0.6) is 0 Å². The van der Waals surface area contributed by atoms with Gasteiger partial charge in [-0.1, -0.05) is 17.7 Å². The summed E-state index contributed by atoms with van der Waals surface area (Å²) in [4.78, 5) is 33.7. The number of hydrogen-bond donors (Lipinski definition) is 0. The fourth-order valence-electron chi connectivity index (χ4n) is 3.89. The topological polar surface area (TPSA) is 71.3 Å². The van der Waals surface area contributed by atoms with Crippen molar-refractivity contribution < 1.29 is 14.0 Å².